The second kappa shape index (κ2) is 33.4. The SMILES string of the molecule is CCCOC(CC)(OCCC)C(=O)CC(=O)[O-].CCCOC(CC)(OCCC)C(=O)CC(=O)[O-].CCCOC(CC)(OCCC)C(=O)CC(=O)[O-].[Ga+3]. The molecule has 0 unspecified atom stereocenters. The van der Waals surface area contributed by atoms with Gasteiger partial charge in [-0.3, -0.25) is 14.4 Å². The smallest absolute Gasteiger partial charge is 0.550 e. The first-order valence-electron chi connectivity index (χ1n) is 18.1. The molecule has 0 atom stereocenters. The number of Topliss-reactive ketones (excluding diaryl/α,β-unsaturated/α-hetero) is 3. The molecule has 52 heavy (non-hydrogen) atoms. The average molecular weight is 806 g/mol. The van der Waals surface area contributed by atoms with Gasteiger partial charge in [0.05, 0.1) is 58.9 Å². The zero-order chi connectivity index (χ0) is 39.9. The molecule has 0 saturated heterocycles. The second-order valence-electron chi connectivity index (χ2n) is 11.3. The molecule has 0 N–H and O–H groups in total. The van der Waals surface area contributed by atoms with E-state index >= 15 is 0 Å². The van der Waals surface area contributed by atoms with Crippen molar-refractivity contribution in [2.75, 3.05) is 39.6 Å². The number of carbonyl (C=O) groups is 6. The van der Waals surface area contributed by atoms with Gasteiger partial charge in [-0.05, 0) is 38.5 Å². The van der Waals surface area contributed by atoms with Crippen LogP contribution >= 0.6 is 0 Å². The maximum Gasteiger partial charge on any atom is 3.00 e. The van der Waals surface area contributed by atoms with Gasteiger partial charge in [0.1, 0.15) is 0 Å². The van der Waals surface area contributed by atoms with Gasteiger partial charge in [0.25, 0.3) is 0 Å². The van der Waals surface area contributed by atoms with Crippen molar-refractivity contribution >= 4 is 55.0 Å². The number of hydrogen-bond acceptors (Lipinski definition) is 15. The summed E-state index contributed by atoms with van der Waals surface area (Å²) in [6, 6.07) is 0. The molecule has 0 rings (SSSR count). The van der Waals surface area contributed by atoms with Crippen LogP contribution in [0, 0.1) is 0 Å². The standard InChI is InChI=1S/3C12H22O5.Ga/c3*1-4-7-16-12(6-3,17-8-5-2)10(13)9-11(14)15;/h3*4-9H2,1-3H3,(H,14,15);/q;;;+3/p-3. The van der Waals surface area contributed by atoms with E-state index < -0.39 is 71.9 Å². The zero-order valence-corrected chi connectivity index (χ0v) is 35.4. The largest absolute Gasteiger partial charge is 3.00 e. The Labute approximate surface area is 323 Å². The van der Waals surface area contributed by atoms with E-state index in [9.17, 15) is 44.1 Å². The minimum atomic E-state index is -1.42. The van der Waals surface area contributed by atoms with Gasteiger partial charge < -0.3 is 58.1 Å². The normalized spacial score (nSPS) is 11.2. The number of ketones is 3. The van der Waals surface area contributed by atoms with E-state index in [0.717, 1.165) is 38.5 Å². The van der Waals surface area contributed by atoms with Crippen molar-refractivity contribution < 1.29 is 72.5 Å². The van der Waals surface area contributed by atoms with Crippen LogP contribution in [-0.2, 0) is 57.2 Å². The van der Waals surface area contributed by atoms with Gasteiger partial charge in [-0.25, -0.2) is 0 Å². The zero-order valence-electron chi connectivity index (χ0n) is 32.9. The summed E-state index contributed by atoms with van der Waals surface area (Å²) in [5.41, 5.74) is 0. The fourth-order valence-electron chi connectivity index (χ4n) is 4.21. The van der Waals surface area contributed by atoms with Crippen LogP contribution in [0.1, 0.15) is 139 Å². The maximum absolute atomic E-state index is 11.8. The summed E-state index contributed by atoms with van der Waals surface area (Å²) in [4.78, 5) is 67.0. The minimum absolute atomic E-state index is 0. The van der Waals surface area contributed by atoms with Crippen molar-refractivity contribution in [3.8, 4) is 0 Å². The summed E-state index contributed by atoms with van der Waals surface area (Å²) in [5.74, 6) is -10.2. The third-order valence-corrected chi connectivity index (χ3v) is 6.82. The summed E-state index contributed by atoms with van der Waals surface area (Å²) < 4.78 is 32.6. The van der Waals surface area contributed by atoms with Gasteiger partial charge in [0.15, 0.2) is 17.3 Å². The Bertz CT molecular complexity index is 855. The fraction of sp³-hybridized carbons (Fsp3) is 0.833. The molecule has 0 aromatic heterocycles. The number of rotatable bonds is 30. The van der Waals surface area contributed by atoms with E-state index in [1.165, 1.54) is 0 Å². The summed E-state index contributed by atoms with van der Waals surface area (Å²) in [5, 5.41) is 31.4. The average Bonchev–Trinajstić information content (AvgIpc) is 3.09. The Morgan fingerprint density at radius 3 is 0.615 bits per heavy atom. The quantitative estimate of drug-likeness (QED) is 0.0571. The predicted molar refractivity (Wildman–Crippen MR) is 186 cm³/mol. The molecule has 0 aromatic carbocycles. The van der Waals surface area contributed by atoms with E-state index in [1.807, 2.05) is 41.5 Å². The predicted octanol–water partition coefficient (Wildman–Crippen LogP) is 1.58. The van der Waals surface area contributed by atoms with Crippen molar-refractivity contribution in [1.29, 1.82) is 0 Å². The first-order valence-corrected chi connectivity index (χ1v) is 18.1. The molecule has 16 heteroatoms. The number of carboxylic acids is 3. The van der Waals surface area contributed by atoms with E-state index in [1.54, 1.807) is 20.8 Å². The second-order valence-corrected chi connectivity index (χ2v) is 11.3. The van der Waals surface area contributed by atoms with Crippen molar-refractivity contribution in [1.82, 2.24) is 0 Å². The van der Waals surface area contributed by atoms with Crippen LogP contribution in [0.3, 0.4) is 0 Å². The van der Waals surface area contributed by atoms with Crippen molar-refractivity contribution in [3.63, 3.8) is 0 Å². The first kappa shape index (κ1) is 56.6. The summed E-state index contributed by atoms with van der Waals surface area (Å²) in [6.07, 6.45) is 3.23. The van der Waals surface area contributed by atoms with Crippen LogP contribution < -0.4 is 15.3 Å². The van der Waals surface area contributed by atoms with E-state index in [0.29, 0.717) is 58.9 Å². The topological polar surface area (TPSA) is 227 Å². The number of carboxylic acid groups (broad SMARTS) is 3. The van der Waals surface area contributed by atoms with Gasteiger partial charge in [-0.15, -0.1) is 0 Å². The Morgan fingerprint density at radius 1 is 0.365 bits per heavy atom. The molecule has 0 fully saturated rings. The number of carbonyl (C=O) groups excluding carboxylic acids is 6. The molecule has 0 bridgehead atoms. The fourth-order valence-corrected chi connectivity index (χ4v) is 4.21. The Balaban J connectivity index is -0.000000329. The van der Waals surface area contributed by atoms with Crippen LogP contribution in [-0.4, -0.2) is 112 Å². The molecule has 0 heterocycles. The summed E-state index contributed by atoms with van der Waals surface area (Å²) >= 11 is 0. The molecule has 0 aliphatic carbocycles. The summed E-state index contributed by atoms with van der Waals surface area (Å²) in [6.45, 7) is 18.8. The Hall–Kier alpha value is -2.18. The number of ether oxygens (including phenoxy) is 6. The van der Waals surface area contributed by atoms with Gasteiger partial charge in [-0.2, -0.15) is 0 Å². The molecule has 300 valence electrons. The molecule has 0 aromatic rings. The third-order valence-electron chi connectivity index (χ3n) is 6.82. The minimum Gasteiger partial charge on any atom is -0.550 e. The molecule has 0 radical (unpaired) electrons. The number of hydrogen-bond donors (Lipinski definition) is 0. The van der Waals surface area contributed by atoms with Crippen LogP contribution in [0.4, 0.5) is 0 Å². The molecule has 0 aliphatic rings. The molecule has 0 amide bonds. The Kier molecular flexibility index (Phi) is 36.3. The molecular formula is C36H63GaO15. The molecular weight excluding hydrogens is 742 g/mol. The van der Waals surface area contributed by atoms with E-state index in [-0.39, 0.29) is 19.8 Å². The summed E-state index contributed by atoms with van der Waals surface area (Å²) in [7, 11) is 0. The van der Waals surface area contributed by atoms with Crippen LogP contribution in [0.2, 0.25) is 0 Å². The van der Waals surface area contributed by atoms with Crippen LogP contribution in [0.15, 0.2) is 0 Å². The Morgan fingerprint density at radius 2 is 0.519 bits per heavy atom. The van der Waals surface area contributed by atoms with Crippen LogP contribution in [0.5, 0.6) is 0 Å². The van der Waals surface area contributed by atoms with Crippen molar-refractivity contribution in [3.05, 3.63) is 0 Å². The van der Waals surface area contributed by atoms with Crippen molar-refractivity contribution in [2.45, 2.75) is 157 Å². The third kappa shape index (κ3) is 23.5. The van der Waals surface area contributed by atoms with Crippen molar-refractivity contribution in [2.24, 2.45) is 0 Å². The first-order chi connectivity index (χ1) is 24.1. The van der Waals surface area contributed by atoms with Gasteiger partial charge in [0.2, 0.25) is 17.4 Å². The van der Waals surface area contributed by atoms with E-state index in [2.05, 4.69) is 0 Å². The molecule has 0 saturated carbocycles. The monoisotopic (exact) mass is 804 g/mol. The molecule has 0 spiro atoms. The number of aliphatic carboxylic acids is 3. The van der Waals surface area contributed by atoms with Gasteiger partial charge in [-0.1, -0.05) is 62.3 Å². The van der Waals surface area contributed by atoms with Crippen LogP contribution in [0.25, 0.3) is 0 Å². The molecule has 0 aliphatic heterocycles. The van der Waals surface area contributed by atoms with Gasteiger partial charge in [0, 0.05) is 37.2 Å². The molecule has 15 nitrogen and oxygen atoms in total. The maximum atomic E-state index is 11.8. The van der Waals surface area contributed by atoms with Gasteiger partial charge >= 0.3 is 19.8 Å². The van der Waals surface area contributed by atoms with E-state index in [4.69, 9.17) is 28.4 Å².